The smallest absolute Gasteiger partial charge is 0.273 e. The van der Waals surface area contributed by atoms with E-state index < -0.39 is 0 Å². The van der Waals surface area contributed by atoms with Crippen LogP contribution in [0.25, 0.3) is 0 Å². The van der Waals surface area contributed by atoms with Crippen LogP contribution in [0.4, 0.5) is 0 Å². The van der Waals surface area contributed by atoms with Crippen molar-refractivity contribution in [2.45, 2.75) is 13.5 Å². The second-order valence-electron chi connectivity index (χ2n) is 5.96. The Morgan fingerprint density at radius 1 is 1.22 bits per heavy atom. The van der Waals surface area contributed by atoms with Gasteiger partial charge in [-0.15, -0.1) is 0 Å². The van der Waals surface area contributed by atoms with Crippen LogP contribution in [0.5, 0.6) is 0 Å². The van der Waals surface area contributed by atoms with Gasteiger partial charge in [0.1, 0.15) is 5.69 Å². The molecule has 1 aromatic carbocycles. The van der Waals surface area contributed by atoms with E-state index in [0.29, 0.717) is 5.69 Å². The number of aromatic nitrogens is 2. The number of piperazine rings is 1. The lowest BCUT2D eigenvalue weighted by molar-refractivity contribution is 0.0616. The van der Waals surface area contributed by atoms with Crippen molar-refractivity contribution in [3.8, 4) is 0 Å². The largest absolute Gasteiger partial charge is 0.335 e. The molecule has 0 N–H and O–H groups in total. The van der Waals surface area contributed by atoms with E-state index in [0.717, 1.165) is 36.3 Å². The van der Waals surface area contributed by atoms with Crippen molar-refractivity contribution in [3.05, 3.63) is 50.9 Å². The normalized spacial score (nSPS) is 15.9. The Kier molecular flexibility index (Phi) is 5.01. The Bertz CT molecular complexity index is 685. The van der Waals surface area contributed by atoms with Crippen molar-refractivity contribution in [2.24, 2.45) is 7.05 Å². The number of amides is 1. The van der Waals surface area contributed by atoms with Gasteiger partial charge < -0.3 is 4.90 Å². The number of benzene rings is 1. The number of aryl methyl sites for hydroxylation is 2. The van der Waals surface area contributed by atoms with Crippen LogP contribution in [0.15, 0.2) is 30.5 Å². The monoisotopic (exact) mass is 424 g/mol. The zero-order valence-electron chi connectivity index (χ0n) is 13.5. The highest BCUT2D eigenvalue weighted by molar-refractivity contribution is 14.1. The molecule has 0 saturated carbocycles. The molecule has 0 unspecified atom stereocenters. The molecule has 23 heavy (non-hydrogen) atoms. The van der Waals surface area contributed by atoms with Crippen LogP contribution < -0.4 is 0 Å². The Labute approximate surface area is 150 Å². The summed E-state index contributed by atoms with van der Waals surface area (Å²) in [7, 11) is 1.82. The molecule has 5 nitrogen and oxygen atoms in total. The van der Waals surface area contributed by atoms with Crippen molar-refractivity contribution in [3.63, 3.8) is 0 Å². The zero-order chi connectivity index (χ0) is 16.4. The topological polar surface area (TPSA) is 41.4 Å². The molecule has 1 aliphatic heterocycles. The second-order valence-corrected chi connectivity index (χ2v) is 7.12. The quantitative estimate of drug-likeness (QED) is 0.711. The van der Waals surface area contributed by atoms with E-state index in [1.807, 2.05) is 11.9 Å². The third-order valence-corrected chi connectivity index (χ3v) is 5.20. The summed E-state index contributed by atoms with van der Waals surface area (Å²) < 4.78 is 2.58. The number of carbonyl (C=O) groups excluding carboxylic acids is 1. The van der Waals surface area contributed by atoms with E-state index >= 15 is 0 Å². The first kappa shape index (κ1) is 16.4. The van der Waals surface area contributed by atoms with Crippen molar-refractivity contribution >= 4 is 28.5 Å². The van der Waals surface area contributed by atoms with Crippen molar-refractivity contribution in [1.82, 2.24) is 19.6 Å². The Morgan fingerprint density at radius 2 is 1.91 bits per heavy atom. The molecule has 0 spiro atoms. The molecule has 0 bridgehead atoms. The molecule has 1 aromatic heterocycles. The maximum atomic E-state index is 12.7. The molecule has 3 rings (SSSR count). The summed E-state index contributed by atoms with van der Waals surface area (Å²) in [6.45, 7) is 6.47. The number of halogens is 1. The van der Waals surface area contributed by atoms with Crippen LogP contribution in [0, 0.1) is 10.5 Å². The van der Waals surface area contributed by atoms with Gasteiger partial charge >= 0.3 is 0 Å². The van der Waals surface area contributed by atoms with Crippen LogP contribution in [-0.2, 0) is 13.6 Å². The summed E-state index contributed by atoms with van der Waals surface area (Å²) in [6, 6.07) is 8.50. The fraction of sp³-hybridized carbons (Fsp3) is 0.412. The molecule has 1 amide bonds. The summed E-state index contributed by atoms with van der Waals surface area (Å²) in [6.07, 6.45) is 1.74. The summed E-state index contributed by atoms with van der Waals surface area (Å²) in [4.78, 5) is 17.0. The van der Waals surface area contributed by atoms with Gasteiger partial charge in [0.05, 0.1) is 9.77 Å². The van der Waals surface area contributed by atoms with E-state index in [1.54, 1.807) is 10.9 Å². The molecule has 122 valence electrons. The predicted molar refractivity (Wildman–Crippen MR) is 98.3 cm³/mol. The first-order chi connectivity index (χ1) is 11.1. The van der Waals surface area contributed by atoms with Gasteiger partial charge in [0.15, 0.2) is 0 Å². The van der Waals surface area contributed by atoms with E-state index in [2.05, 4.69) is 63.8 Å². The third-order valence-electron chi connectivity index (χ3n) is 4.41. The van der Waals surface area contributed by atoms with Crippen molar-refractivity contribution in [1.29, 1.82) is 0 Å². The van der Waals surface area contributed by atoms with Crippen LogP contribution in [0.3, 0.4) is 0 Å². The fourth-order valence-corrected chi connectivity index (χ4v) is 3.64. The maximum Gasteiger partial charge on any atom is 0.273 e. The fourth-order valence-electron chi connectivity index (χ4n) is 2.94. The van der Waals surface area contributed by atoms with Gasteiger partial charge in [-0.25, -0.2) is 0 Å². The molecule has 1 fully saturated rings. The van der Waals surface area contributed by atoms with Gasteiger partial charge in [-0.3, -0.25) is 14.4 Å². The first-order valence-corrected chi connectivity index (χ1v) is 8.88. The average molecular weight is 424 g/mol. The van der Waals surface area contributed by atoms with Gasteiger partial charge in [0.2, 0.25) is 0 Å². The Balaban J connectivity index is 1.60. The van der Waals surface area contributed by atoms with Gasteiger partial charge in [-0.1, -0.05) is 24.3 Å². The summed E-state index contributed by atoms with van der Waals surface area (Å²) >= 11 is 2.17. The molecule has 1 saturated heterocycles. The van der Waals surface area contributed by atoms with Gasteiger partial charge in [-0.2, -0.15) is 5.10 Å². The zero-order valence-corrected chi connectivity index (χ0v) is 15.7. The van der Waals surface area contributed by atoms with Crippen molar-refractivity contribution in [2.75, 3.05) is 26.2 Å². The summed E-state index contributed by atoms with van der Waals surface area (Å²) in [5, 5.41) is 4.16. The molecule has 2 aromatic rings. The Morgan fingerprint density at radius 3 is 2.52 bits per heavy atom. The van der Waals surface area contributed by atoms with Crippen LogP contribution in [0.1, 0.15) is 21.6 Å². The molecule has 0 atom stereocenters. The highest BCUT2D eigenvalue weighted by Gasteiger charge is 2.25. The minimum absolute atomic E-state index is 0.0879. The SMILES string of the molecule is Cc1ccccc1CN1CCN(C(=O)c2c(I)cnn2C)CC1. The standard InChI is InChI=1S/C17H21IN4O/c1-13-5-3-4-6-14(13)12-21-7-9-22(10-8-21)17(23)16-15(18)11-19-20(16)2/h3-6,11H,7-10,12H2,1-2H3. The lowest BCUT2D eigenvalue weighted by atomic mass is 10.1. The van der Waals surface area contributed by atoms with E-state index in [4.69, 9.17) is 0 Å². The van der Waals surface area contributed by atoms with E-state index in [9.17, 15) is 4.79 Å². The van der Waals surface area contributed by atoms with Crippen LogP contribution in [-0.4, -0.2) is 51.7 Å². The minimum Gasteiger partial charge on any atom is -0.335 e. The molecule has 1 aliphatic rings. The number of hydrogen-bond acceptors (Lipinski definition) is 3. The summed E-state index contributed by atoms with van der Waals surface area (Å²) in [5.74, 6) is 0.0879. The minimum atomic E-state index is 0.0879. The highest BCUT2D eigenvalue weighted by atomic mass is 127. The molecule has 2 heterocycles. The number of nitrogens with zero attached hydrogens (tertiary/aromatic N) is 4. The molecule has 0 radical (unpaired) electrons. The molecule has 6 heteroatoms. The van der Waals surface area contributed by atoms with Gasteiger partial charge in [-0.05, 0) is 40.6 Å². The predicted octanol–water partition coefficient (Wildman–Crippen LogP) is 2.29. The molecular weight excluding hydrogens is 403 g/mol. The number of carbonyl (C=O) groups is 1. The van der Waals surface area contributed by atoms with E-state index in [1.165, 1.54) is 11.1 Å². The van der Waals surface area contributed by atoms with Gasteiger partial charge in [0.25, 0.3) is 5.91 Å². The Hall–Kier alpha value is -1.41. The molecular formula is C17H21IN4O. The van der Waals surface area contributed by atoms with Crippen LogP contribution >= 0.6 is 22.6 Å². The second kappa shape index (κ2) is 7.00. The lowest BCUT2D eigenvalue weighted by Crippen LogP contribution is -2.48. The molecule has 0 aliphatic carbocycles. The number of hydrogen-bond donors (Lipinski definition) is 0. The van der Waals surface area contributed by atoms with Crippen LogP contribution in [0.2, 0.25) is 0 Å². The first-order valence-electron chi connectivity index (χ1n) is 7.80. The lowest BCUT2D eigenvalue weighted by Gasteiger charge is -2.35. The highest BCUT2D eigenvalue weighted by Crippen LogP contribution is 2.16. The number of rotatable bonds is 3. The average Bonchev–Trinajstić information content (AvgIpc) is 2.88. The summed E-state index contributed by atoms with van der Waals surface area (Å²) in [5.41, 5.74) is 3.39. The van der Waals surface area contributed by atoms with Crippen molar-refractivity contribution < 1.29 is 4.79 Å². The van der Waals surface area contributed by atoms with Gasteiger partial charge in [0, 0.05) is 39.8 Å². The third kappa shape index (κ3) is 3.58. The van der Waals surface area contributed by atoms with E-state index in [-0.39, 0.29) is 5.91 Å². The maximum absolute atomic E-state index is 12.7.